The minimum Gasteiger partial charge on any atom is -0.406 e. The molecule has 6 heteroatoms. The summed E-state index contributed by atoms with van der Waals surface area (Å²) in [7, 11) is 0. The molecule has 1 aromatic rings. The first-order chi connectivity index (χ1) is 9.47. The van der Waals surface area contributed by atoms with Gasteiger partial charge in [-0.15, -0.1) is 13.2 Å². The van der Waals surface area contributed by atoms with Crippen molar-refractivity contribution in [2.75, 3.05) is 0 Å². The Kier molecular flexibility index (Phi) is 5.39. The Hall–Kier alpha value is -1.56. The molecule has 21 heavy (non-hydrogen) atoms. The Morgan fingerprint density at radius 1 is 1.19 bits per heavy atom. The molecule has 118 valence electrons. The van der Waals surface area contributed by atoms with Crippen molar-refractivity contribution < 1.29 is 22.7 Å². The van der Waals surface area contributed by atoms with Crippen molar-refractivity contribution in [3.63, 3.8) is 0 Å². The number of Topliss-reactive ketones (excluding diaryl/α,β-unsaturated/α-hetero) is 1. The largest absolute Gasteiger partial charge is 0.573 e. The Balaban J connectivity index is 2.58. The molecule has 0 aliphatic rings. The molecular formula is C15H20F3NO2. The molecule has 0 saturated heterocycles. The predicted octanol–water partition coefficient (Wildman–Crippen LogP) is 3.46. The van der Waals surface area contributed by atoms with Crippen LogP contribution >= 0.6 is 0 Å². The van der Waals surface area contributed by atoms with Crippen LogP contribution in [0.2, 0.25) is 0 Å². The number of carbonyl (C=O) groups excluding carboxylic acids is 1. The lowest BCUT2D eigenvalue weighted by atomic mass is 9.84. The van der Waals surface area contributed by atoms with E-state index >= 15 is 0 Å². The van der Waals surface area contributed by atoms with Crippen LogP contribution in [-0.4, -0.2) is 18.2 Å². The van der Waals surface area contributed by atoms with Crippen molar-refractivity contribution in [1.29, 1.82) is 0 Å². The maximum absolute atomic E-state index is 12.0. The normalized spacial score (nSPS) is 13.9. The van der Waals surface area contributed by atoms with Crippen LogP contribution in [0.3, 0.4) is 0 Å². The number of benzene rings is 1. The van der Waals surface area contributed by atoms with E-state index in [1.54, 1.807) is 0 Å². The fraction of sp³-hybridized carbons (Fsp3) is 0.533. The van der Waals surface area contributed by atoms with Gasteiger partial charge in [0, 0.05) is 18.9 Å². The minimum atomic E-state index is -4.71. The molecule has 0 aliphatic heterocycles. The lowest BCUT2D eigenvalue weighted by Crippen LogP contribution is -2.37. The van der Waals surface area contributed by atoms with E-state index in [0.717, 1.165) is 0 Å². The third kappa shape index (κ3) is 6.62. The van der Waals surface area contributed by atoms with Gasteiger partial charge in [-0.05, 0) is 23.1 Å². The lowest BCUT2D eigenvalue weighted by Gasteiger charge is -2.26. The van der Waals surface area contributed by atoms with Crippen molar-refractivity contribution >= 4 is 5.78 Å². The Labute approximate surface area is 122 Å². The summed E-state index contributed by atoms with van der Waals surface area (Å²) < 4.78 is 39.8. The van der Waals surface area contributed by atoms with Gasteiger partial charge < -0.3 is 10.5 Å². The van der Waals surface area contributed by atoms with E-state index in [0.29, 0.717) is 5.56 Å². The maximum atomic E-state index is 12.0. The lowest BCUT2D eigenvalue weighted by molar-refractivity contribution is -0.274. The predicted molar refractivity (Wildman–Crippen MR) is 73.9 cm³/mol. The van der Waals surface area contributed by atoms with Crippen LogP contribution in [0.15, 0.2) is 24.3 Å². The van der Waals surface area contributed by atoms with Gasteiger partial charge in [0.25, 0.3) is 0 Å². The first kappa shape index (κ1) is 17.5. The van der Waals surface area contributed by atoms with Crippen LogP contribution in [0.4, 0.5) is 13.2 Å². The van der Waals surface area contributed by atoms with E-state index in [2.05, 4.69) is 4.74 Å². The van der Waals surface area contributed by atoms with Gasteiger partial charge in [-0.3, -0.25) is 4.79 Å². The number of halogens is 3. The molecule has 1 aromatic carbocycles. The first-order valence-corrected chi connectivity index (χ1v) is 6.59. The smallest absolute Gasteiger partial charge is 0.406 e. The molecule has 0 radical (unpaired) electrons. The second kappa shape index (κ2) is 6.47. The van der Waals surface area contributed by atoms with Gasteiger partial charge in [-0.2, -0.15) is 0 Å². The molecule has 3 nitrogen and oxygen atoms in total. The zero-order valence-corrected chi connectivity index (χ0v) is 12.3. The highest BCUT2D eigenvalue weighted by Gasteiger charge is 2.31. The van der Waals surface area contributed by atoms with Crippen LogP contribution in [-0.2, 0) is 11.2 Å². The zero-order chi connectivity index (χ0) is 16.3. The van der Waals surface area contributed by atoms with E-state index in [-0.39, 0.29) is 35.8 Å². The number of hydrogen-bond acceptors (Lipinski definition) is 3. The summed E-state index contributed by atoms with van der Waals surface area (Å²) in [4.78, 5) is 11.9. The Morgan fingerprint density at radius 2 is 1.71 bits per heavy atom. The summed E-state index contributed by atoms with van der Waals surface area (Å²) in [6, 6.07) is 5.03. The number of hydrogen-bond donors (Lipinski definition) is 1. The molecule has 2 N–H and O–H groups in total. The Bertz CT molecular complexity index is 475. The van der Waals surface area contributed by atoms with Crippen molar-refractivity contribution in [3.05, 3.63) is 29.8 Å². The molecule has 1 atom stereocenters. The van der Waals surface area contributed by atoms with Crippen molar-refractivity contribution in [1.82, 2.24) is 0 Å². The fourth-order valence-electron chi connectivity index (χ4n) is 1.66. The van der Waals surface area contributed by atoms with Crippen molar-refractivity contribution in [2.45, 2.75) is 46.0 Å². The minimum absolute atomic E-state index is 0.0399. The molecule has 0 amide bonds. The van der Waals surface area contributed by atoms with Crippen LogP contribution in [0, 0.1) is 5.41 Å². The second-order valence-corrected chi connectivity index (χ2v) is 6.08. The van der Waals surface area contributed by atoms with Gasteiger partial charge in [0.1, 0.15) is 11.5 Å². The van der Waals surface area contributed by atoms with Crippen LogP contribution in [0.1, 0.15) is 32.8 Å². The third-order valence-electron chi connectivity index (χ3n) is 3.12. The monoisotopic (exact) mass is 303 g/mol. The summed E-state index contributed by atoms with van der Waals surface area (Å²) in [6.45, 7) is 5.86. The van der Waals surface area contributed by atoms with Gasteiger partial charge in [0.05, 0.1) is 0 Å². The summed E-state index contributed by atoms with van der Waals surface area (Å²) >= 11 is 0. The van der Waals surface area contributed by atoms with Gasteiger partial charge in [-0.1, -0.05) is 32.9 Å². The van der Waals surface area contributed by atoms with Gasteiger partial charge in [0.15, 0.2) is 0 Å². The van der Waals surface area contributed by atoms with Gasteiger partial charge >= 0.3 is 6.36 Å². The SMILES string of the molecule is CC(C)(C)C(N)CC(=O)Cc1ccc(OC(F)(F)F)cc1. The fourth-order valence-corrected chi connectivity index (χ4v) is 1.66. The molecule has 1 unspecified atom stereocenters. The molecular weight excluding hydrogens is 283 g/mol. The second-order valence-electron chi connectivity index (χ2n) is 6.08. The van der Waals surface area contributed by atoms with E-state index < -0.39 is 6.36 Å². The number of rotatable bonds is 5. The van der Waals surface area contributed by atoms with Crippen LogP contribution < -0.4 is 10.5 Å². The molecule has 0 aliphatic carbocycles. The highest BCUT2D eigenvalue weighted by Crippen LogP contribution is 2.23. The molecule has 0 fully saturated rings. The Morgan fingerprint density at radius 3 is 2.14 bits per heavy atom. The highest BCUT2D eigenvalue weighted by molar-refractivity contribution is 5.81. The average Bonchev–Trinajstić information content (AvgIpc) is 2.28. The summed E-state index contributed by atoms with van der Waals surface area (Å²) in [5.41, 5.74) is 6.40. The van der Waals surface area contributed by atoms with Gasteiger partial charge in [-0.25, -0.2) is 0 Å². The maximum Gasteiger partial charge on any atom is 0.573 e. The quantitative estimate of drug-likeness (QED) is 0.906. The highest BCUT2D eigenvalue weighted by atomic mass is 19.4. The molecule has 0 aromatic heterocycles. The van der Waals surface area contributed by atoms with Gasteiger partial charge in [0.2, 0.25) is 0 Å². The zero-order valence-electron chi connectivity index (χ0n) is 12.3. The van der Waals surface area contributed by atoms with Crippen molar-refractivity contribution in [3.8, 4) is 5.75 Å². The average molecular weight is 303 g/mol. The third-order valence-corrected chi connectivity index (χ3v) is 3.12. The number of ketones is 1. The number of carbonyl (C=O) groups is 1. The number of ether oxygens (including phenoxy) is 1. The molecule has 0 bridgehead atoms. The van der Waals surface area contributed by atoms with E-state index in [9.17, 15) is 18.0 Å². The molecule has 1 rings (SSSR count). The van der Waals surface area contributed by atoms with E-state index in [4.69, 9.17) is 5.73 Å². The number of nitrogens with two attached hydrogens (primary N) is 1. The molecule has 0 spiro atoms. The van der Waals surface area contributed by atoms with Crippen molar-refractivity contribution in [2.24, 2.45) is 11.1 Å². The number of alkyl halides is 3. The first-order valence-electron chi connectivity index (χ1n) is 6.59. The summed E-state index contributed by atoms with van der Waals surface area (Å²) in [6.07, 6.45) is -4.32. The van der Waals surface area contributed by atoms with E-state index in [1.165, 1.54) is 24.3 Å². The van der Waals surface area contributed by atoms with E-state index in [1.807, 2.05) is 20.8 Å². The standard InChI is InChI=1S/C15H20F3NO2/c1-14(2,3)13(19)9-11(20)8-10-4-6-12(7-5-10)21-15(16,17)18/h4-7,13H,8-9,19H2,1-3H3. The topological polar surface area (TPSA) is 52.3 Å². The summed E-state index contributed by atoms with van der Waals surface area (Å²) in [5.74, 6) is -0.341. The van der Waals surface area contributed by atoms with Crippen LogP contribution in [0.5, 0.6) is 5.75 Å². The molecule has 0 saturated carbocycles. The van der Waals surface area contributed by atoms with Crippen LogP contribution in [0.25, 0.3) is 0 Å². The molecule has 0 heterocycles. The summed E-state index contributed by atoms with van der Waals surface area (Å²) in [5, 5.41) is 0.